The van der Waals surface area contributed by atoms with Crippen LogP contribution in [0.4, 0.5) is 5.95 Å². The van der Waals surface area contributed by atoms with Crippen molar-refractivity contribution in [1.29, 1.82) is 0 Å². The largest absolute Gasteiger partial charge is 0.306 e. The minimum Gasteiger partial charge on any atom is -0.306 e. The first-order valence-electron chi connectivity index (χ1n) is 3.33. The maximum atomic E-state index is 10.9. The summed E-state index contributed by atoms with van der Waals surface area (Å²) in [5, 5.41) is 2.37. The quantitative estimate of drug-likeness (QED) is 0.788. The van der Waals surface area contributed by atoms with Crippen LogP contribution in [0.1, 0.15) is 0 Å². The maximum absolute atomic E-state index is 10.9. The van der Waals surface area contributed by atoms with Crippen LogP contribution in [-0.2, 0) is 4.79 Å². The zero-order valence-electron chi connectivity index (χ0n) is 6.49. The third-order valence-electron chi connectivity index (χ3n) is 1.09. The van der Waals surface area contributed by atoms with Crippen molar-refractivity contribution in [2.24, 2.45) is 0 Å². The van der Waals surface area contributed by atoms with Crippen LogP contribution < -0.4 is 5.32 Å². The molecule has 0 spiro atoms. The number of hydrogen-bond donors (Lipinski definition) is 1. The second kappa shape index (κ2) is 4.52. The van der Waals surface area contributed by atoms with E-state index < -0.39 is 5.91 Å². The van der Waals surface area contributed by atoms with Gasteiger partial charge in [-0.3, -0.25) is 10.1 Å². The number of rotatable bonds is 2. The number of anilines is 1. The Morgan fingerprint density at radius 1 is 1.62 bits per heavy atom. The topological polar surface area (TPSA) is 59.2 Å². The van der Waals surface area contributed by atoms with Crippen molar-refractivity contribution in [3.63, 3.8) is 0 Å². The minimum absolute atomic E-state index is 0.205. The summed E-state index contributed by atoms with van der Waals surface area (Å²) in [6.07, 6.45) is 3.03. The predicted molar refractivity (Wildman–Crippen MR) is 49.8 cm³/mol. The zero-order valence-corrected chi connectivity index (χ0v) is 8.08. The monoisotopic (exact) mass is 240 g/mol. The van der Waals surface area contributed by atoms with Crippen LogP contribution in [0, 0.1) is 6.57 Å². The molecule has 0 radical (unpaired) electrons. The molecular formula is C7H5BrN4O. The van der Waals surface area contributed by atoms with Gasteiger partial charge in [-0.05, 0) is 15.9 Å². The molecule has 0 fully saturated rings. The van der Waals surface area contributed by atoms with E-state index in [2.05, 4.69) is 36.1 Å². The highest BCUT2D eigenvalue weighted by molar-refractivity contribution is 9.10. The highest BCUT2D eigenvalue weighted by Gasteiger charge is 2.05. The number of nitrogens with zero attached hydrogens (tertiary/aromatic N) is 3. The fourth-order valence-corrected chi connectivity index (χ4v) is 0.818. The number of hydrogen-bond acceptors (Lipinski definition) is 3. The van der Waals surface area contributed by atoms with Crippen LogP contribution >= 0.6 is 15.9 Å². The first-order chi connectivity index (χ1) is 6.22. The molecule has 0 unspecified atom stereocenters. The smallest absolute Gasteiger partial charge is 0.306 e. The lowest BCUT2D eigenvalue weighted by molar-refractivity contribution is -0.114. The first kappa shape index (κ1) is 9.61. The highest BCUT2D eigenvalue weighted by Crippen LogP contribution is 2.06. The van der Waals surface area contributed by atoms with Crippen LogP contribution in [-0.4, -0.2) is 22.4 Å². The number of amides is 1. The van der Waals surface area contributed by atoms with Gasteiger partial charge in [0.15, 0.2) is 0 Å². The van der Waals surface area contributed by atoms with Gasteiger partial charge in [0, 0.05) is 12.4 Å². The van der Waals surface area contributed by atoms with Crippen LogP contribution in [0.3, 0.4) is 0 Å². The molecule has 0 aliphatic rings. The Hall–Kier alpha value is -1.48. The van der Waals surface area contributed by atoms with Crippen molar-refractivity contribution in [2.75, 3.05) is 11.9 Å². The molecule has 0 bridgehead atoms. The molecule has 1 aromatic rings. The van der Waals surface area contributed by atoms with Crippen LogP contribution in [0.2, 0.25) is 0 Å². The van der Waals surface area contributed by atoms with Gasteiger partial charge in [0.25, 0.3) is 6.54 Å². The van der Waals surface area contributed by atoms with E-state index in [4.69, 9.17) is 6.57 Å². The van der Waals surface area contributed by atoms with Crippen LogP contribution in [0.25, 0.3) is 4.85 Å². The third-order valence-corrected chi connectivity index (χ3v) is 1.50. The molecular weight excluding hydrogens is 236 g/mol. The molecule has 1 aromatic heterocycles. The van der Waals surface area contributed by atoms with E-state index in [1.807, 2.05) is 0 Å². The number of aromatic nitrogens is 2. The van der Waals surface area contributed by atoms with E-state index in [-0.39, 0.29) is 12.5 Å². The molecule has 0 aliphatic carbocycles. The SMILES string of the molecule is [C-]#[N+]CC(=O)Nc1ncc(Br)cn1. The summed E-state index contributed by atoms with van der Waals surface area (Å²) >= 11 is 3.16. The Bertz CT molecular complexity index is 343. The molecule has 6 heteroatoms. The summed E-state index contributed by atoms with van der Waals surface area (Å²) in [6, 6.07) is 0. The van der Waals surface area contributed by atoms with Crippen molar-refractivity contribution >= 4 is 27.8 Å². The molecule has 0 saturated heterocycles. The third kappa shape index (κ3) is 3.17. The summed E-state index contributed by atoms with van der Waals surface area (Å²) < 4.78 is 0.732. The van der Waals surface area contributed by atoms with Crippen molar-refractivity contribution in [1.82, 2.24) is 9.97 Å². The van der Waals surface area contributed by atoms with E-state index in [0.717, 1.165) is 4.47 Å². The molecule has 5 nitrogen and oxygen atoms in total. The normalized spacial score (nSPS) is 8.92. The van der Waals surface area contributed by atoms with Gasteiger partial charge in [0.1, 0.15) is 0 Å². The molecule has 0 aromatic carbocycles. The number of nitrogens with one attached hydrogen (secondary N) is 1. The molecule has 0 aliphatic heterocycles. The Morgan fingerprint density at radius 3 is 2.77 bits per heavy atom. The van der Waals surface area contributed by atoms with E-state index in [1.54, 1.807) is 0 Å². The Labute approximate surface area is 83.1 Å². The first-order valence-corrected chi connectivity index (χ1v) is 4.12. The van der Waals surface area contributed by atoms with Crippen molar-refractivity contribution in [3.05, 3.63) is 28.3 Å². The van der Waals surface area contributed by atoms with Gasteiger partial charge in [-0.15, -0.1) is 0 Å². The van der Waals surface area contributed by atoms with E-state index in [1.165, 1.54) is 12.4 Å². The highest BCUT2D eigenvalue weighted by atomic mass is 79.9. The predicted octanol–water partition coefficient (Wildman–Crippen LogP) is 1.10. The molecule has 66 valence electrons. The second-order valence-electron chi connectivity index (χ2n) is 2.09. The molecule has 0 atom stereocenters. The van der Waals surface area contributed by atoms with Gasteiger partial charge in [-0.25, -0.2) is 16.5 Å². The fourth-order valence-electron chi connectivity index (χ4n) is 0.613. The van der Waals surface area contributed by atoms with Gasteiger partial charge >= 0.3 is 5.91 Å². The lowest BCUT2D eigenvalue weighted by Gasteiger charge is -1.97. The van der Waals surface area contributed by atoms with Gasteiger partial charge in [-0.1, -0.05) is 0 Å². The molecule has 1 N–H and O–H groups in total. The summed E-state index contributed by atoms with van der Waals surface area (Å²) in [5.74, 6) is -0.200. The zero-order chi connectivity index (χ0) is 9.68. The summed E-state index contributed by atoms with van der Waals surface area (Å²) in [5.41, 5.74) is 0. The van der Waals surface area contributed by atoms with Crippen molar-refractivity contribution < 1.29 is 4.79 Å². The van der Waals surface area contributed by atoms with Crippen molar-refractivity contribution in [3.8, 4) is 0 Å². The van der Waals surface area contributed by atoms with E-state index in [9.17, 15) is 4.79 Å². The Morgan fingerprint density at radius 2 is 2.23 bits per heavy atom. The van der Waals surface area contributed by atoms with Crippen molar-refractivity contribution in [2.45, 2.75) is 0 Å². The lowest BCUT2D eigenvalue weighted by Crippen LogP contribution is -2.15. The number of carbonyl (C=O) groups excluding carboxylic acids is 1. The van der Waals surface area contributed by atoms with Gasteiger partial charge in [0.2, 0.25) is 5.95 Å². The molecule has 13 heavy (non-hydrogen) atoms. The van der Waals surface area contributed by atoms with Crippen LogP contribution in [0.15, 0.2) is 16.9 Å². The summed E-state index contributed by atoms with van der Waals surface area (Å²) in [4.78, 5) is 21.4. The standard InChI is InChI=1S/C7H5BrN4O/c1-9-4-6(13)12-7-10-2-5(8)3-11-7/h2-3H,4H2,(H,10,11,12,13). The molecule has 1 rings (SSSR count). The maximum Gasteiger partial charge on any atom is 0.306 e. The van der Waals surface area contributed by atoms with Crippen LogP contribution in [0.5, 0.6) is 0 Å². The van der Waals surface area contributed by atoms with Gasteiger partial charge in [0.05, 0.1) is 4.47 Å². The lowest BCUT2D eigenvalue weighted by atomic mass is 10.6. The second-order valence-corrected chi connectivity index (χ2v) is 3.00. The Balaban J connectivity index is 2.60. The fraction of sp³-hybridized carbons (Fsp3) is 0.143. The number of carbonyl (C=O) groups is 1. The molecule has 0 saturated carbocycles. The van der Waals surface area contributed by atoms with Gasteiger partial charge in [-0.2, -0.15) is 0 Å². The van der Waals surface area contributed by atoms with E-state index >= 15 is 0 Å². The summed E-state index contributed by atoms with van der Waals surface area (Å²) in [6.45, 7) is 6.24. The Kier molecular flexibility index (Phi) is 3.34. The summed E-state index contributed by atoms with van der Waals surface area (Å²) in [7, 11) is 0. The number of halogens is 1. The average molecular weight is 241 g/mol. The molecule has 1 amide bonds. The van der Waals surface area contributed by atoms with E-state index in [0.29, 0.717) is 0 Å². The minimum atomic E-state index is -0.405. The average Bonchev–Trinajstić information content (AvgIpc) is 2.09. The molecule has 1 heterocycles. The van der Waals surface area contributed by atoms with Gasteiger partial charge < -0.3 is 4.85 Å².